The SMILES string of the molecule is CC(C)NS(=O)(=O)c1cccc(C(=O)NCCN2CC(C)OC(C)C2)c1. The Morgan fingerprint density at radius 1 is 1.27 bits per heavy atom. The Bertz CT molecular complexity index is 711. The molecule has 146 valence electrons. The summed E-state index contributed by atoms with van der Waals surface area (Å²) in [5, 5.41) is 2.86. The molecular weight excluding hydrogens is 354 g/mol. The largest absolute Gasteiger partial charge is 0.373 e. The maximum Gasteiger partial charge on any atom is 0.251 e. The van der Waals surface area contributed by atoms with Crippen molar-refractivity contribution in [2.75, 3.05) is 26.2 Å². The summed E-state index contributed by atoms with van der Waals surface area (Å²) >= 11 is 0. The van der Waals surface area contributed by atoms with Crippen molar-refractivity contribution in [2.45, 2.75) is 50.8 Å². The number of rotatable bonds is 7. The van der Waals surface area contributed by atoms with Crippen LogP contribution in [0.5, 0.6) is 0 Å². The van der Waals surface area contributed by atoms with Crippen LogP contribution in [-0.4, -0.2) is 63.7 Å². The van der Waals surface area contributed by atoms with E-state index < -0.39 is 10.0 Å². The van der Waals surface area contributed by atoms with E-state index >= 15 is 0 Å². The standard InChI is InChI=1S/C18H29N3O4S/c1-13(2)20-26(23,24)17-7-5-6-16(10-17)18(22)19-8-9-21-11-14(3)25-15(4)12-21/h5-7,10,13-15,20H,8-9,11-12H2,1-4H3,(H,19,22). The van der Waals surface area contributed by atoms with E-state index in [1.54, 1.807) is 26.0 Å². The minimum atomic E-state index is -3.62. The maximum absolute atomic E-state index is 12.3. The molecule has 7 nitrogen and oxygen atoms in total. The van der Waals surface area contributed by atoms with Crippen LogP contribution in [0, 0.1) is 0 Å². The van der Waals surface area contributed by atoms with Gasteiger partial charge in [0, 0.05) is 37.8 Å². The van der Waals surface area contributed by atoms with Crippen LogP contribution in [0.4, 0.5) is 0 Å². The summed E-state index contributed by atoms with van der Waals surface area (Å²) < 4.78 is 32.7. The number of benzene rings is 1. The molecule has 1 aromatic rings. The lowest BCUT2D eigenvalue weighted by molar-refractivity contribution is -0.0672. The summed E-state index contributed by atoms with van der Waals surface area (Å²) in [6, 6.07) is 5.87. The quantitative estimate of drug-likeness (QED) is 0.739. The first-order chi connectivity index (χ1) is 12.2. The molecule has 8 heteroatoms. The van der Waals surface area contributed by atoms with Crippen LogP contribution in [0.25, 0.3) is 0 Å². The summed E-state index contributed by atoms with van der Waals surface area (Å²) in [6.07, 6.45) is 0.370. The number of ether oxygens (including phenoxy) is 1. The molecule has 1 aromatic carbocycles. The smallest absolute Gasteiger partial charge is 0.251 e. The van der Waals surface area contributed by atoms with Gasteiger partial charge >= 0.3 is 0 Å². The number of carbonyl (C=O) groups excluding carboxylic acids is 1. The molecule has 2 rings (SSSR count). The van der Waals surface area contributed by atoms with Crippen LogP contribution in [0.2, 0.25) is 0 Å². The maximum atomic E-state index is 12.3. The average molecular weight is 384 g/mol. The topological polar surface area (TPSA) is 87.7 Å². The van der Waals surface area contributed by atoms with Crippen LogP contribution in [0.15, 0.2) is 29.2 Å². The first-order valence-corrected chi connectivity index (χ1v) is 10.4. The molecule has 1 fully saturated rings. The van der Waals surface area contributed by atoms with Crippen molar-refractivity contribution in [1.82, 2.24) is 14.9 Å². The van der Waals surface area contributed by atoms with E-state index in [0.717, 1.165) is 19.6 Å². The van der Waals surface area contributed by atoms with E-state index in [-0.39, 0.29) is 29.1 Å². The van der Waals surface area contributed by atoms with Crippen LogP contribution < -0.4 is 10.0 Å². The highest BCUT2D eigenvalue weighted by Crippen LogP contribution is 2.12. The van der Waals surface area contributed by atoms with Gasteiger partial charge < -0.3 is 10.1 Å². The molecule has 1 aliphatic heterocycles. The number of amides is 1. The second kappa shape index (κ2) is 8.94. The Labute approximate surface area is 156 Å². The van der Waals surface area contributed by atoms with Crippen LogP contribution in [0.3, 0.4) is 0 Å². The first kappa shape index (κ1) is 20.8. The third-order valence-electron chi connectivity index (χ3n) is 4.01. The molecule has 0 aromatic heterocycles. The van der Waals surface area contributed by atoms with Crippen molar-refractivity contribution >= 4 is 15.9 Å². The molecule has 0 saturated carbocycles. The first-order valence-electron chi connectivity index (χ1n) is 8.96. The molecule has 2 atom stereocenters. The van der Waals surface area contributed by atoms with Gasteiger partial charge in [-0.15, -0.1) is 0 Å². The molecule has 1 aliphatic rings. The molecule has 0 bridgehead atoms. The van der Waals surface area contributed by atoms with Crippen molar-refractivity contribution in [3.05, 3.63) is 29.8 Å². The molecule has 2 unspecified atom stereocenters. The highest BCUT2D eigenvalue weighted by molar-refractivity contribution is 7.89. The lowest BCUT2D eigenvalue weighted by Gasteiger charge is -2.35. The number of carbonyl (C=O) groups is 1. The number of hydrogen-bond acceptors (Lipinski definition) is 5. The number of nitrogens with one attached hydrogen (secondary N) is 2. The molecule has 1 saturated heterocycles. The number of nitrogens with zero attached hydrogens (tertiary/aromatic N) is 1. The Morgan fingerprint density at radius 2 is 1.92 bits per heavy atom. The summed E-state index contributed by atoms with van der Waals surface area (Å²) in [5.74, 6) is -0.277. The Balaban J connectivity index is 1.92. The van der Waals surface area contributed by atoms with E-state index in [4.69, 9.17) is 4.74 Å². The molecule has 0 aliphatic carbocycles. The minimum absolute atomic E-state index is 0.0923. The Hall–Kier alpha value is -1.48. The Morgan fingerprint density at radius 3 is 2.54 bits per heavy atom. The summed E-state index contributed by atoms with van der Waals surface area (Å²) in [4.78, 5) is 14.7. The molecule has 1 amide bonds. The van der Waals surface area contributed by atoms with Gasteiger partial charge in [0.05, 0.1) is 17.1 Å². The third kappa shape index (κ3) is 6.05. The summed E-state index contributed by atoms with van der Waals surface area (Å²) in [7, 11) is -3.62. The van der Waals surface area contributed by atoms with E-state index in [9.17, 15) is 13.2 Å². The van der Waals surface area contributed by atoms with E-state index in [2.05, 4.69) is 14.9 Å². The van der Waals surface area contributed by atoms with Gasteiger partial charge in [0.15, 0.2) is 0 Å². The van der Waals surface area contributed by atoms with Crippen molar-refractivity contribution in [2.24, 2.45) is 0 Å². The number of sulfonamides is 1. The normalized spacial score (nSPS) is 21.7. The zero-order valence-electron chi connectivity index (χ0n) is 15.9. The van der Waals surface area contributed by atoms with Gasteiger partial charge in [0.2, 0.25) is 10.0 Å². The fraction of sp³-hybridized carbons (Fsp3) is 0.611. The fourth-order valence-electron chi connectivity index (χ4n) is 3.08. The lowest BCUT2D eigenvalue weighted by Crippen LogP contribution is -2.47. The lowest BCUT2D eigenvalue weighted by atomic mass is 10.2. The minimum Gasteiger partial charge on any atom is -0.373 e. The zero-order valence-corrected chi connectivity index (χ0v) is 16.7. The fourth-order valence-corrected chi connectivity index (χ4v) is 4.38. The second-order valence-corrected chi connectivity index (χ2v) is 8.79. The number of morpholine rings is 1. The van der Waals surface area contributed by atoms with E-state index in [1.807, 2.05) is 13.8 Å². The average Bonchev–Trinajstić information content (AvgIpc) is 2.53. The molecule has 0 spiro atoms. The zero-order chi connectivity index (χ0) is 19.3. The molecule has 26 heavy (non-hydrogen) atoms. The second-order valence-electron chi connectivity index (χ2n) is 7.08. The van der Waals surface area contributed by atoms with Gasteiger partial charge in [-0.2, -0.15) is 0 Å². The van der Waals surface area contributed by atoms with Gasteiger partial charge in [-0.1, -0.05) is 6.07 Å². The number of hydrogen-bond donors (Lipinski definition) is 2. The van der Waals surface area contributed by atoms with Gasteiger partial charge in [-0.05, 0) is 45.9 Å². The van der Waals surface area contributed by atoms with Gasteiger partial charge in [0.25, 0.3) is 5.91 Å². The summed E-state index contributed by atoms with van der Waals surface area (Å²) in [5.41, 5.74) is 0.334. The highest BCUT2D eigenvalue weighted by Gasteiger charge is 2.22. The van der Waals surface area contributed by atoms with Gasteiger partial charge in [-0.25, -0.2) is 13.1 Å². The van der Waals surface area contributed by atoms with Crippen molar-refractivity contribution in [1.29, 1.82) is 0 Å². The Kier molecular flexibility index (Phi) is 7.16. The van der Waals surface area contributed by atoms with Crippen LogP contribution in [-0.2, 0) is 14.8 Å². The van der Waals surface area contributed by atoms with Gasteiger partial charge in [-0.3, -0.25) is 9.69 Å². The van der Waals surface area contributed by atoms with Gasteiger partial charge in [0.1, 0.15) is 0 Å². The van der Waals surface area contributed by atoms with Crippen LogP contribution >= 0.6 is 0 Å². The van der Waals surface area contributed by atoms with Crippen LogP contribution in [0.1, 0.15) is 38.1 Å². The van der Waals surface area contributed by atoms with E-state index in [0.29, 0.717) is 12.1 Å². The molecule has 0 radical (unpaired) electrons. The summed E-state index contributed by atoms with van der Waals surface area (Å²) in [6.45, 7) is 10.5. The predicted molar refractivity (Wildman–Crippen MR) is 101 cm³/mol. The van der Waals surface area contributed by atoms with Crippen molar-refractivity contribution < 1.29 is 17.9 Å². The monoisotopic (exact) mass is 383 g/mol. The predicted octanol–water partition coefficient (Wildman–Crippen LogP) is 1.21. The third-order valence-corrected chi connectivity index (χ3v) is 5.66. The van der Waals surface area contributed by atoms with E-state index in [1.165, 1.54) is 12.1 Å². The van der Waals surface area contributed by atoms with Crippen molar-refractivity contribution in [3.8, 4) is 0 Å². The molecule has 2 N–H and O–H groups in total. The molecular formula is C18H29N3O4S. The molecule has 1 heterocycles. The van der Waals surface area contributed by atoms with Crippen molar-refractivity contribution in [3.63, 3.8) is 0 Å². The highest BCUT2D eigenvalue weighted by atomic mass is 32.2.